The van der Waals surface area contributed by atoms with Gasteiger partial charge in [-0.3, -0.25) is 0 Å². The highest BCUT2D eigenvalue weighted by atomic mass is 16.3. The van der Waals surface area contributed by atoms with Gasteiger partial charge in [-0.2, -0.15) is 0 Å². The fourth-order valence-electron chi connectivity index (χ4n) is 1.90. The molecule has 2 heteroatoms. The summed E-state index contributed by atoms with van der Waals surface area (Å²) in [5.41, 5.74) is 6.74. The van der Waals surface area contributed by atoms with Crippen molar-refractivity contribution in [1.82, 2.24) is 0 Å². The fourth-order valence-corrected chi connectivity index (χ4v) is 1.90. The van der Waals surface area contributed by atoms with Gasteiger partial charge in [0.15, 0.2) is 0 Å². The molecule has 0 heterocycles. The first-order valence-corrected chi connectivity index (χ1v) is 4.76. The van der Waals surface area contributed by atoms with E-state index < -0.39 is 0 Å². The van der Waals surface area contributed by atoms with Crippen LogP contribution in [0.3, 0.4) is 0 Å². The first kappa shape index (κ1) is 8.73. The quantitative estimate of drug-likeness (QED) is 0.726. The summed E-state index contributed by atoms with van der Waals surface area (Å²) in [5.74, 6) is 0.937. The van der Waals surface area contributed by atoms with Gasteiger partial charge in [-0.1, -0.05) is 30.3 Å². The van der Waals surface area contributed by atoms with Gasteiger partial charge in [0.05, 0.1) is 6.10 Å². The van der Waals surface area contributed by atoms with E-state index in [1.807, 2.05) is 18.2 Å². The number of rotatable bonds is 3. The highest BCUT2D eigenvalue weighted by Gasteiger charge is 2.42. The largest absolute Gasteiger partial charge is 0.392 e. The number of benzene rings is 1. The van der Waals surface area contributed by atoms with Crippen molar-refractivity contribution in [2.45, 2.75) is 18.4 Å². The van der Waals surface area contributed by atoms with Gasteiger partial charge >= 0.3 is 0 Å². The van der Waals surface area contributed by atoms with Crippen LogP contribution in [0.2, 0.25) is 0 Å². The van der Waals surface area contributed by atoms with Gasteiger partial charge in [0.2, 0.25) is 0 Å². The monoisotopic (exact) mass is 177 g/mol. The molecule has 1 saturated carbocycles. The lowest BCUT2D eigenvalue weighted by Crippen LogP contribution is -2.22. The van der Waals surface area contributed by atoms with Gasteiger partial charge in [-0.05, 0) is 23.8 Å². The Labute approximate surface area is 78.4 Å². The maximum Gasteiger partial charge on any atom is 0.0696 e. The first-order chi connectivity index (χ1) is 6.33. The molecule has 2 rings (SSSR count). The standard InChI is InChI=1S/C11H15NO/c12-7-11(13)10-6-9(10)8-4-2-1-3-5-8/h1-5,9-11,13H,6-7,12H2/t9-,10+,11?/m0/s1. The van der Waals surface area contributed by atoms with E-state index in [1.54, 1.807) is 0 Å². The smallest absolute Gasteiger partial charge is 0.0696 e. The van der Waals surface area contributed by atoms with E-state index >= 15 is 0 Å². The van der Waals surface area contributed by atoms with Gasteiger partial charge in [0, 0.05) is 6.54 Å². The number of hydrogen-bond donors (Lipinski definition) is 2. The van der Waals surface area contributed by atoms with Crippen molar-refractivity contribution in [3.63, 3.8) is 0 Å². The van der Waals surface area contributed by atoms with E-state index in [4.69, 9.17) is 5.73 Å². The van der Waals surface area contributed by atoms with Crippen molar-refractivity contribution in [3.05, 3.63) is 35.9 Å². The summed E-state index contributed by atoms with van der Waals surface area (Å²) in [4.78, 5) is 0. The molecule has 0 bridgehead atoms. The number of hydrogen-bond acceptors (Lipinski definition) is 2. The number of nitrogens with two attached hydrogens (primary N) is 1. The fraction of sp³-hybridized carbons (Fsp3) is 0.455. The molecule has 3 atom stereocenters. The van der Waals surface area contributed by atoms with Gasteiger partial charge in [-0.25, -0.2) is 0 Å². The third-order valence-corrected chi connectivity index (χ3v) is 2.80. The topological polar surface area (TPSA) is 46.2 Å². The maximum atomic E-state index is 9.50. The van der Waals surface area contributed by atoms with Gasteiger partial charge in [0.1, 0.15) is 0 Å². The average molecular weight is 177 g/mol. The van der Waals surface area contributed by atoms with Crippen molar-refractivity contribution < 1.29 is 5.11 Å². The maximum absolute atomic E-state index is 9.50. The van der Waals surface area contributed by atoms with Crippen molar-refractivity contribution in [3.8, 4) is 0 Å². The molecule has 70 valence electrons. The number of aliphatic hydroxyl groups is 1. The van der Waals surface area contributed by atoms with Crippen LogP contribution in [-0.2, 0) is 0 Å². The zero-order chi connectivity index (χ0) is 9.26. The molecule has 1 aromatic carbocycles. The molecule has 1 aromatic rings. The van der Waals surface area contributed by atoms with Crippen molar-refractivity contribution in [2.75, 3.05) is 6.54 Å². The molecule has 0 spiro atoms. The molecular formula is C11H15NO. The molecular weight excluding hydrogens is 162 g/mol. The van der Waals surface area contributed by atoms with Crippen molar-refractivity contribution in [1.29, 1.82) is 0 Å². The molecule has 13 heavy (non-hydrogen) atoms. The summed E-state index contributed by atoms with van der Waals surface area (Å²) in [6.07, 6.45) is 0.771. The van der Waals surface area contributed by atoms with Crippen LogP contribution in [0.5, 0.6) is 0 Å². The molecule has 1 aliphatic rings. The predicted molar refractivity (Wildman–Crippen MR) is 52.4 cm³/mol. The summed E-state index contributed by atoms with van der Waals surface area (Å²) in [6.45, 7) is 0.383. The molecule has 1 unspecified atom stereocenters. The number of aliphatic hydroxyl groups excluding tert-OH is 1. The Morgan fingerprint density at radius 2 is 2.08 bits per heavy atom. The van der Waals surface area contributed by atoms with Crippen LogP contribution in [0.4, 0.5) is 0 Å². The van der Waals surface area contributed by atoms with Gasteiger partial charge < -0.3 is 10.8 Å². The molecule has 0 radical (unpaired) electrons. The second kappa shape index (κ2) is 3.48. The Bertz CT molecular complexity index is 273. The highest BCUT2D eigenvalue weighted by molar-refractivity contribution is 5.26. The van der Waals surface area contributed by atoms with Crippen molar-refractivity contribution in [2.24, 2.45) is 11.7 Å². The Balaban J connectivity index is 2.00. The second-order valence-electron chi connectivity index (χ2n) is 3.72. The van der Waals surface area contributed by atoms with Crippen LogP contribution in [-0.4, -0.2) is 17.8 Å². The lowest BCUT2D eigenvalue weighted by Gasteiger charge is -2.06. The zero-order valence-electron chi connectivity index (χ0n) is 7.56. The van der Waals surface area contributed by atoms with E-state index in [0.29, 0.717) is 18.4 Å². The van der Waals surface area contributed by atoms with Crippen LogP contribution in [0, 0.1) is 5.92 Å². The van der Waals surface area contributed by atoms with E-state index in [1.165, 1.54) is 5.56 Å². The summed E-state index contributed by atoms with van der Waals surface area (Å²) >= 11 is 0. The molecule has 0 aromatic heterocycles. The molecule has 1 fully saturated rings. The van der Waals surface area contributed by atoms with Crippen LogP contribution in [0.1, 0.15) is 17.9 Å². The normalized spacial score (nSPS) is 28.5. The van der Waals surface area contributed by atoms with Crippen LogP contribution >= 0.6 is 0 Å². The van der Waals surface area contributed by atoms with Crippen LogP contribution in [0.15, 0.2) is 30.3 Å². The highest BCUT2D eigenvalue weighted by Crippen LogP contribution is 2.49. The lowest BCUT2D eigenvalue weighted by atomic mass is 10.1. The van der Waals surface area contributed by atoms with Crippen LogP contribution < -0.4 is 5.73 Å². The molecule has 0 saturated heterocycles. The van der Waals surface area contributed by atoms with E-state index in [-0.39, 0.29) is 6.10 Å². The minimum absolute atomic E-state index is 0.315. The van der Waals surface area contributed by atoms with Gasteiger partial charge in [-0.15, -0.1) is 0 Å². The Kier molecular flexibility index (Phi) is 2.34. The Morgan fingerprint density at radius 1 is 1.38 bits per heavy atom. The zero-order valence-corrected chi connectivity index (χ0v) is 7.56. The molecule has 1 aliphatic carbocycles. The average Bonchev–Trinajstić information content (AvgIpc) is 2.98. The molecule has 3 N–H and O–H groups in total. The Morgan fingerprint density at radius 3 is 2.69 bits per heavy atom. The SMILES string of the molecule is NCC(O)[C@@H]1C[C@H]1c1ccccc1. The third kappa shape index (κ3) is 1.74. The van der Waals surface area contributed by atoms with Gasteiger partial charge in [0.25, 0.3) is 0 Å². The molecule has 0 aliphatic heterocycles. The predicted octanol–water partition coefficient (Wildman–Crippen LogP) is 1.11. The summed E-state index contributed by atoms with van der Waals surface area (Å²) < 4.78 is 0. The summed E-state index contributed by atoms with van der Waals surface area (Å²) in [7, 11) is 0. The Hall–Kier alpha value is -0.860. The third-order valence-electron chi connectivity index (χ3n) is 2.80. The molecule has 2 nitrogen and oxygen atoms in total. The van der Waals surface area contributed by atoms with E-state index in [9.17, 15) is 5.11 Å². The van der Waals surface area contributed by atoms with E-state index in [2.05, 4.69) is 12.1 Å². The summed E-state index contributed by atoms with van der Waals surface area (Å²) in [5, 5.41) is 9.50. The minimum atomic E-state index is -0.315. The summed E-state index contributed by atoms with van der Waals surface area (Å²) in [6, 6.07) is 10.3. The lowest BCUT2D eigenvalue weighted by molar-refractivity contribution is 0.157. The van der Waals surface area contributed by atoms with Crippen LogP contribution in [0.25, 0.3) is 0 Å². The second-order valence-corrected chi connectivity index (χ2v) is 3.72. The van der Waals surface area contributed by atoms with E-state index in [0.717, 1.165) is 6.42 Å². The first-order valence-electron chi connectivity index (χ1n) is 4.76. The minimum Gasteiger partial charge on any atom is -0.392 e. The van der Waals surface area contributed by atoms with Crippen molar-refractivity contribution >= 4 is 0 Å². The molecule has 0 amide bonds.